The van der Waals surface area contributed by atoms with E-state index in [0.29, 0.717) is 5.82 Å². The number of H-pyrrole nitrogens is 1. The summed E-state index contributed by atoms with van der Waals surface area (Å²) >= 11 is 0. The van der Waals surface area contributed by atoms with Gasteiger partial charge in [0.25, 0.3) is 0 Å². The summed E-state index contributed by atoms with van der Waals surface area (Å²) in [6.07, 6.45) is 1.72. The number of nitrogens with zero attached hydrogens (tertiary/aromatic N) is 3. The number of aryl methyl sites for hydroxylation is 1. The van der Waals surface area contributed by atoms with Crippen molar-refractivity contribution in [3.63, 3.8) is 0 Å². The largest absolute Gasteiger partial charge is 0.347 e. The molecular weight excluding hydrogens is 176 g/mol. The Balaban J connectivity index is 2.15. The third-order valence-electron chi connectivity index (χ3n) is 1.72. The average molecular weight is 186 g/mol. The van der Waals surface area contributed by atoms with E-state index >= 15 is 0 Å². The Hall–Kier alpha value is -1.97. The number of hydrogen-bond donors (Lipinski definition) is 1. The van der Waals surface area contributed by atoms with Crippen LogP contribution in [0, 0.1) is 6.92 Å². The van der Waals surface area contributed by atoms with Crippen molar-refractivity contribution >= 4 is 11.5 Å². The standard InChI is InChI=1S/C10H10N4/c1-8-11-7-10(12-8)14-13-9-5-3-2-4-6-9/h2-7H,1H3,(H,11,12). The zero-order valence-electron chi connectivity index (χ0n) is 7.81. The van der Waals surface area contributed by atoms with Crippen molar-refractivity contribution < 1.29 is 0 Å². The number of imidazole rings is 1. The molecule has 0 saturated carbocycles. The normalized spacial score (nSPS) is 10.9. The first-order valence-corrected chi connectivity index (χ1v) is 4.33. The van der Waals surface area contributed by atoms with E-state index in [-0.39, 0.29) is 0 Å². The Labute approximate surface area is 81.7 Å². The molecule has 14 heavy (non-hydrogen) atoms. The van der Waals surface area contributed by atoms with Crippen LogP contribution >= 0.6 is 0 Å². The van der Waals surface area contributed by atoms with Gasteiger partial charge in [0.05, 0.1) is 5.69 Å². The lowest BCUT2D eigenvalue weighted by Crippen LogP contribution is -1.68. The van der Waals surface area contributed by atoms with Crippen molar-refractivity contribution in [3.8, 4) is 0 Å². The number of rotatable bonds is 2. The molecule has 0 radical (unpaired) electrons. The summed E-state index contributed by atoms with van der Waals surface area (Å²) in [4.78, 5) is 7.05. The quantitative estimate of drug-likeness (QED) is 0.719. The Morgan fingerprint density at radius 1 is 1.14 bits per heavy atom. The van der Waals surface area contributed by atoms with E-state index in [9.17, 15) is 0 Å². The minimum Gasteiger partial charge on any atom is -0.347 e. The molecule has 0 amide bonds. The molecule has 2 aromatic rings. The van der Waals surface area contributed by atoms with Crippen LogP contribution in [0.4, 0.5) is 11.5 Å². The van der Waals surface area contributed by atoms with Crippen LogP contribution in [-0.4, -0.2) is 9.97 Å². The summed E-state index contributed by atoms with van der Waals surface area (Å²) in [5, 5.41) is 8.01. The van der Waals surface area contributed by atoms with Crippen LogP contribution in [0.1, 0.15) is 5.82 Å². The lowest BCUT2D eigenvalue weighted by atomic mass is 10.3. The van der Waals surface area contributed by atoms with E-state index in [0.717, 1.165) is 11.5 Å². The Morgan fingerprint density at radius 3 is 2.57 bits per heavy atom. The third kappa shape index (κ3) is 2.04. The number of nitrogens with one attached hydrogen (secondary N) is 1. The smallest absolute Gasteiger partial charge is 0.192 e. The van der Waals surface area contributed by atoms with Crippen LogP contribution in [0.3, 0.4) is 0 Å². The highest BCUT2D eigenvalue weighted by Gasteiger charge is 1.93. The molecule has 0 aliphatic heterocycles. The zero-order chi connectivity index (χ0) is 9.80. The van der Waals surface area contributed by atoms with E-state index in [1.165, 1.54) is 0 Å². The second-order valence-electron chi connectivity index (χ2n) is 2.88. The number of hydrogen-bond acceptors (Lipinski definition) is 3. The van der Waals surface area contributed by atoms with Crippen LogP contribution in [0.2, 0.25) is 0 Å². The molecule has 0 atom stereocenters. The van der Waals surface area contributed by atoms with Crippen molar-refractivity contribution in [1.29, 1.82) is 0 Å². The summed E-state index contributed by atoms with van der Waals surface area (Å²) in [5.74, 6) is 1.44. The Bertz CT molecular complexity index is 430. The maximum atomic E-state index is 4.11. The van der Waals surface area contributed by atoms with Crippen LogP contribution in [-0.2, 0) is 0 Å². The van der Waals surface area contributed by atoms with Crippen molar-refractivity contribution in [2.75, 3.05) is 0 Å². The molecule has 70 valence electrons. The molecule has 1 aromatic heterocycles. The summed E-state index contributed by atoms with van der Waals surface area (Å²) in [6, 6.07) is 9.57. The van der Waals surface area contributed by atoms with Crippen LogP contribution in [0.25, 0.3) is 0 Å². The molecule has 1 aromatic carbocycles. The molecule has 1 N–H and O–H groups in total. The van der Waals surface area contributed by atoms with Crippen molar-refractivity contribution in [2.24, 2.45) is 10.2 Å². The number of aromatic nitrogens is 2. The summed E-state index contributed by atoms with van der Waals surface area (Å²) in [6.45, 7) is 1.88. The van der Waals surface area contributed by atoms with E-state index in [4.69, 9.17) is 0 Å². The number of azo groups is 1. The highest BCUT2D eigenvalue weighted by atomic mass is 15.2. The maximum absolute atomic E-state index is 4.11. The van der Waals surface area contributed by atoms with Gasteiger partial charge >= 0.3 is 0 Å². The Morgan fingerprint density at radius 2 is 1.93 bits per heavy atom. The van der Waals surface area contributed by atoms with Gasteiger partial charge in [0.15, 0.2) is 5.82 Å². The molecule has 0 saturated heterocycles. The van der Waals surface area contributed by atoms with Gasteiger partial charge in [-0.1, -0.05) is 18.2 Å². The molecular formula is C10H10N4. The van der Waals surface area contributed by atoms with Gasteiger partial charge < -0.3 is 4.98 Å². The van der Waals surface area contributed by atoms with Crippen LogP contribution < -0.4 is 0 Å². The lowest BCUT2D eigenvalue weighted by molar-refractivity contribution is 1.12. The fourth-order valence-corrected chi connectivity index (χ4v) is 1.06. The molecule has 0 spiro atoms. The highest BCUT2D eigenvalue weighted by Crippen LogP contribution is 2.15. The number of aromatic amines is 1. The minimum atomic E-state index is 0.603. The monoisotopic (exact) mass is 186 g/mol. The van der Waals surface area contributed by atoms with E-state index < -0.39 is 0 Å². The first-order valence-electron chi connectivity index (χ1n) is 4.33. The molecule has 0 bridgehead atoms. The van der Waals surface area contributed by atoms with Crippen LogP contribution in [0.5, 0.6) is 0 Å². The predicted molar refractivity (Wildman–Crippen MR) is 53.9 cm³/mol. The lowest BCUT2D eigenvalue weighted by Gasteiger charge is -1.87. The molecule has 0 fully saturated rings. The second kappa shape index (κ2) is 3.83. The van der Waals surface area contributed by atoms with Gasteiger partial charge in [-0.2, -0.15) is 0 Å². The van der Waals surface area contributed by atoms with Crippen molar-refractivity contribution in [3.05, 3.63) is 42.4 Å². The predicted octanol–water partition coefficient (Wildman–Crippen LogP) is 3.13. The fraction of sp³-hybridized carbons (Fsp3) is 0.100. The van der Waals surface area contributed by atoms with Crippen molar-refractivity contribution in [2.45, 2.75) is 6.92 Å². The van der Waals surface area contributed by atoms with Gasteiger partial charge in [-0.05, 0) is 19.1 Å². The first kappa shape index (κ1) is 8.62. The van der Waals surface area contributed by atoms with Crippen LogP contribution in [0.15, 0.2) is 46.8 Å². The SMILES string of the molecule is Cc1nc(N=Nc2ccccc2)c[nH]1. The zero-order valence-corrected chi connectivity index (χ0v) is 7.81. The van der Waals surface area contributed by atoms with Gasteiger partial charge in [-0.25, -0.2) is 4.98 Å². The molecule has 0 aliphatic rings. The maximum Gasteiger partial charge on any atom is 0.192 e. The van der Waals surface area contributed by atoms with E-state index in [1.807, 2.05) is 37.3 Å². The van der Waals surface area contributed by atoms with E-state index in [2.05, 4.69) is 20.2 Å². The molecule has 0 aliphatic carbocycles. The van der Waals surface area contributed by atoms with E-state index in [1.54, 1.807) is 6.20 Å². The van der Waals surface area contributed by atoms with Crippen molar-refractivity contribution in [1.82, 2.24) is 9.97 Å². The summed E-state index contributed by atoms with van der Waals surface area (Å²) in [5.41, 5.74) is 0.827. The molecule has 4 heteroatoms. The van der Waals surface area contributed by atoms with Gasteiger partial charge in [-0.3, -0.25) is 0 Å². The van der Waals surface area contributed by atoms with Gasteiger partial charge in [0.1, 0.15) is 5.82 Å². The third-order valence-corrected chi connectivity index (χ3v) is 1.72. The Kier molecular flexibility index (Phi) is 2.36. The highest BCUT2D eigenvalue weighted by molar-refractivity contribution is 5.36. The van der Waals surface area contributed by atoms with Gasteiger partial charge in [-0.15, -0.1) is 10.2 Å². The molecule has 2 rings (SSSR count). The second-order valence-corrected chi connectivity index (χ2v) is 2.88. The summed E-state index contributed by atoms with van der Waals surface area (Å²) in [7, 11) is 0. The van der Waals surface area contributed by atoms with Gasteiger partial charge in [0.2, 0.25) is 0 Å². The minimum absolute atomic E-state index is 0.603. The first-order chi connectivity index (χ1) is 6.84. The topological polar surface area (TPSA) is 53.4 Å². The molecule has 1 heterocycles. The molecule has 4 nitrogen and oxygen atoms in total. The fourth-order valence-electron chi connectivity index (χ4n) is 1.06. The average Bonchev–Trinajstić information content (AvgIpc) is 2.63. The number of benzene rings is 1. The summed E-state index contributed by atoms with van der Waals surface area (Å²) < 4.78 is 0. The van der Waals surface area contributed by atoms with Gasteiger partial charge in [0, 0.05) is 6.20 Å². The molecule has 0 unspecified atom stereocenters.